The van der Waals surface area contributed by atoms with Crippen LogP contribution in [0.1, 0.15) is 5.56 Å². The maximum Gasteiger partial charge on any atom is 0.231 e. The van der Waals surface area contributed by atoms with Crippen LogP contribution in [0.15, 0.2) is 23.2 Å². The molecule has 0 bridgehead atoms. The van der Waals surface area contributed by atoms with Crippen molar-refractivity contribution in [2.75, 3.05) is 33.7 Å². The van der Waals surface area contributed by atoms with Crippen LogP contribution in [-0.4, -0.2) is 33.7 Å². The molecule has 20 heavy (non-hydrogen) atoms. The second kappa shape index (κ2) is 7.52. The Balaban J connectivity index is 2.07. The molecule has 1 aromatic carbocycles. The second-order valence-corrected chi connectivity index (χ2v) is 5.41. The molecule has 0 aliphatic carbocycles. The smallest absolute Gasteiger partial charge is 0.231 e. The molecule has 0 fully saturated rings. The molecular formula is C14H18BrNO4. The minimum atomic E-state index is 0.250. The monoisotopic (exact) mass is 343 g/mol. The highest BCUT2D eigenvalue weighted by Crippen LogP contribution is 2.38. The summed E-state index contributed by atoms with van der Waals surface area (Å²) < 4.78 is 22.3. The van der Waals surface area contributed by atoms with Gasteiger partial charge in [-0.05, 0) is 6.07 Å². The highest BCUT2D eigenvalue weighted by atomic mass is 79.9. The van der Waals surface area contributed by atoms with Gasteiger partial charge in [0.25, 0.3) is 0 Å². The summed E-state index contributed by atoms with van der Waals surface area (Å²) >= 11 is 3.28. The molecule has 0 saturated heterocycles. The molecule has 2 rings (SSSR count). The highest BCUT2D eigenvalue weighted by Gasteiger charge is 2.18. The fourth-order valence-corrected chi connectivity index (χ4v) is 1.91. The molecule has 1 aliphatic heterocycles. The fraction of sp³-hybridized carbons (Fsp3) is 0.429. The molecule has 6 heteroatoms. The van der Waals surface area contributed by atoms with Gasteiger partial charge in [0.15, 0.2) is 11.5 Å². The summed E-state index contributed by atoms with van der Waals surface area (Å²) in [5, 5.41) is 3.29. The number of rotatable bonds is 8. The molecule has 0 spiro atoms. The number of nitrogens with one attached hydrogen (secondary N) is 1. The molecule has 1 heterocycles. The van der Waals surface area contributed by atoms with Gasteiger partial charge in [0.1, 0.15) is 12.4 Å². The first-order valence-electron chi connectivity index (χ1n) is 6.29. The number of fused-ring (bicyclic) bond motifs is 1. The van der Waals surface area contributed by atoms with E-state index in [-0.39, 0.29) is 6.79 Å². The molecule has 0 radical (unpaired) electrons. The zero-order valence-corrected chi connectivity index (χ0v) is 13.0. The van der Waals surface area contributed by atoms with Crippen LogP contribution in [0.5, 0.6) is 17.2 Å². The number of benzene rings is 1. The summed E-state index contributed by atoms with van der Waals surface area (Å²) in [6.45, 7) is 6.53. The largest absolute Gasteiger partial charge is 0.488 e. The maximum atomic E-state index is 5.73. The number of methoxy groups -OCH3 is 1. The van der Waals surface area contributed by atoms with Gasteiger partial charge in [-0.25, -0.2) is 0 Å². The van der Waals surface area contributed by atoms with Gasteiger partial charge in [0.05, 0.1) is 6.61 Å². The second-order valence-electron chi connectivity index (χ2n) is 4.29. The van der Waals surface area contributed by atoms with Crippen molar-refractivity contribution < 1.29 is 18.9 Å². The molecule has 0 saturated carbocycles. The summed E-state index contributed by atoms with van der Waals surface area (Å²) in [5.74, 6) is 2.22. The van der Waals surface area contributed by atoms with Gasteiger partial charge in [-0.1, -0.05) is 22.5 Å². The predicted octanol–water partition coefficient (Wildman–Crippen LogP) is 2.44. The summed E-state index contributed by atoms with van der Waals surface area (Å²) in [5.41, 5.74) is 1.01. The third kappa shape index (κ3) is 4.13. The Hall–Kier alpha value is -1.24. The standard InChI is InChI=1S/C14H18BrNO4/c1-10(15)8-18-12-6-14-13(19-9-20-14)5-11(12)7-16-3-4-17-2/h5-6,16H,1,3-4,7-9H2,2H3. The molecule has 0 unspecified atom stereocenters. The van der Waals surface area contributed by atoms with Crippen molar-refractivity contribution >= 4 is 15.9 Å². The van der Waals surface area contributed by atoms with E-state index < -0.39 is 0 Å². The van der Waals surface area contributed by atoms with Gasteiger partial charge >= 0.3 is 0 Å². The predicted molar refractivity (Wildman–Crippen MR) is 79.7 cm³/mol. The van der Waals surface area contributed by atoms with Crippen molar-refractivity contribution in [1.82, 2.24) is 5.32 Å². The van der Waals surface area contributed by atoms with Gasteiger partial charge in [-0.15, -0.1) is 0 Å². The van der Waals surface area contributed by atoms with E-state index in [1.165, 1.54) is 0 Å². The first-order chi connectivity index (χ1) is 9.70. The molecule has 1 N–H and O–H groups in total. The average Bonchev–Trinajstić information content (AvgIpc) is 2.87. The SMILES string of the molecule is C=C(Br)COc1cc2c(cc1CNCCOC)OCO2. The fourth-order valence-electron chi connectivity index (χ4n) is 1.79. The minimum Gasteiger partial charge on any atom is -0.488 e. The van der Waals surface area contributed by atoms with Gasteiger partial charge < -0.3 is 24.3 Å². The van der Waals surface area contributed by atoms with E-state index in [1.807, 2.05) is 12.1 Å². The van der Waals surface area contributed by atoms with Crippen molar-refractivity contribution in [1.29, 1.82) is 0 Å². The summed E-state index contributed by atoms with van der Waals surface area (Å²) in [6, 6.07) is 3.79. The van der Waals surface area contributed by atoms with Crippen molar-refractivity contribution in [3.63, 3.8) is 0 Å². The lowest BCUT2D eigenvalue weighted by atomic mass is 10.1. The highest BCUT2D eigenvalue weighted by molar-refractivity contribution is 9.11. The quantitative estimate of drug-likeness (QED) is 0.734. The Morgan fingerprint density at radius 1 is 1.40 bits per heavy atom. The third-order valence-electron chi connectivity index (χ3n) is 2.74. The molecule has 0 amide bonds. The molecule has 5 nitrogen and oxygen atoms in total. The lowest BCUT2D eigenvalue weighted by Crippen LogP contribution is -2.19. The van der Waals surface area contributed by atoms with Crippen LogP contribution in [0.4, 0.5) is 0 Å². The van der Waals surface area contributed by atoms with E-state index >= 15 is 0 Å². The van der Waals surface area contributed by atoms with Crippen LogP contribution in [-0.2, 0) is 11.3 Å². The number of halogens is 1. The van der Waals surface area contributed by atoms with E-state index in [4.69, 9.17) is 18.9 Å². The van der Waals surface area contributed by atoms with Crippen LogP contribution in [0, 0.1) is 0 Å². The number of hydrogen-bond acceptors (Lipinski definition) is 5. The molecular weight excluding hydrogens is 326 g/mol. The van der Waals surface area contributed by atoms with E-state index in [2.05, 4.69) is 27.8 Å². The van der Waals surface area contributed by atoms with Crippen molar-refractivity contribution in [3.05, 3.63) is 28.8 Å². The first kappa shape index (κ1) is 15.2. The van der Waals surface area contributed by atoms with E-state index in [0.29, 0.717) is 25.5 Å². The van der Waals surface area contributed by atoms with Crippen molar-refractivity contribution in [2.45, 2.75) is 6.54 Å². The lowest BCUT2D eigenvalue weighted by molar-refractivity contribution is 0.174. The third-order valence-corrected chi connectivity index (χ3v) is 2.97. The van der Waals surface area contributed by atoms with Gasteiger partial charge in [-0.2, -0.15) is 0 Å². The average molecular weight is 344 g/mol. The van der Waals surface area contributed by atoms with E-state index in [1.54, 1.807) is 7.11 Å². The van der Waals surface area contributed by atoms with Gasteiger partial charge in [0.2, 0.25) is 6.79 Å². The van der Waals surface area contributed by atoms with Crippen LogP contribution >= 0.6 is 15.9 Å². The Bertz CT molecular complexity index is 478. The number of ether oxygens (including phenoxy) is 4. The van der Waals surface area contributed by atoms with Crippen LogP contribution in [0.25, 0.3) is 0 Å². The zero-order valence-electron chi connectivity index (χ0n) is 11.4. The summed E-state index contributed by atoms with van der Waals surface area (Å²) in [7, 11) is 1.68. The van der Waals surface area contributed by atoms with E-state index in [0.717, 1.165) is 28.1 Å². The normalized spacial score (nSPS) is 12.5. The van der Waals surface area contributed by atoms with Gasteiger partial charge in [-0.3, -0.25) is 0 Å². The van der Waals surface area contributed by atoms with Crippen LogP contribution < -0.4 is 19.5 Å². The van der Waals surface area contributed by atoms with Crippen LogP contribution in [0.2, 0.25) is 0 Å². The van der Waals surface area contributed by atoms with E-state index in [9.17, 15) is 0 Å². The van der Waals surface area contributed by atoms with Crippen molar-refractivity contribution in [3.8, 4) is 17.2 Å². The number of hydrogen-bond donors (Lipinski definition) is 1. The summed E-state index contributed by atoms with van der Waals surface area (Å²) in [6.07, 6.45) is 0. The Morgan fingerprint density at radius 3 is 2.85 bits per heavy atom. The zero-order chi connectivity index (χ0) is 14.4. The maximum absolute atomic E-state index is 5.73. The summed E-state index contributed by atoms with van der Waals surface area (Å²) in [4.78, 5) is 0. The Kier molecular flexibility index (Phi) is 5.70. The van der Waals surface area contributed by atoms with Gasteiger partial charge in [0, 0.05) is 36.3 Å². The first-order valence-corrected chi connectivity index (χ1v) is 7.08. The topological polar surface area (TPSA) is 49.0 Å². The molecule has 0 aromatic heterocycles. The molecule has 0 atom stereocenters. The molecule has 110 valence electrons. The Morgan fingerprint density at radius 2 is 2.15 bits per heavy atom. The minimum absolute atomic E-state index is 0.250. The lowest BCUT2D eigenvalue weighted by Gasteiger charge is -2.13. The molecule has 1 aromatic rings. The van der Waals surface area contributed by atoms with Crippen molar-refractivity contribution in [2.24, 2.45) is 0 Å². The molecule has 1 aliphatic rings. The van der Waals surface area contributed by atoms with Crippen LogP contribution in [0.3, 0.4) is 0 Å². The Labute approximate surface area is 127 Å².